The Bertz CT molecular complexity index is 1180. The van der Waals surface area contributed by atoms with E-state index in [0.29, 0.717) is 0 Å². The summed E-state index contributed by atoms with van der Waals surface area (Å²) in [6, 6.07) is 16.0. The van der Waals surface area contributed by atoms with Gasteiger partial charge in [0.2, 0.25) is 0 Å². The van der Waals surface area contributed by atoms with Crippen LogP contribution in [0.1, 0.15) is 68.2 Å². The number of carboxylic acids is 1. The summed E-state index contributed by atoms with van der Waals surface area (Å²) in [6.45, 7) is 10.3. The number of aromatic nitrogens is 2. The van der Waals surface area contributed by atoms with Gasteiger partial charge in [-0.2, -0.15) is 0 Å². The first kappa shape index (κ1) is 38.4. The molecule has 0 atom stereocenters. The number of rotatable bonds is 2. The molecule has 2 aromatic carbocycles. The van der Waals surface area contributed by atoms with Gasteiger partial charge in [-0.15, -0.1) is 6.04 Å². The van der Waals surface area contributed by atoms with Gasteiger partial charge in [0, 0.05) is 23.2 Å². The minimum atomic E-state index is -0.783. The molecule has 0 bridgehead atoms. The first-order valence-electron chi connectivity index (χ1n) is 12.9. The molecule has 8 heteroatoms. The van der Waals surface area contributed by atoms with Crippen molar-refractivity contribution < 1.29 is 36.4 Å². The normalized spacial score (nSPS) is 11.9. The third kappa shape index (κ3) is 11.9. The number of nitrogens with two attached hydrogens (primary N) is 1. The molecule has 1 saturated carbocycles. The van der Waals surface area contributed by atoms with Crippen LogP contribution in [-0.2, 0) is 32.3 Å². The average molecular weight is 716 g/mol. The Morgan fingerprint density at radius 3 is 1.64 bits per heavy atom. The summed E-state index contributed by atoms with van der Waals surface area (Å²) in [5.74, 6) is -0.783. The van der Waals surface area contributed by atoms with Crippen LogP contribution in [0.15, 0.2) is 60.9 Å². The Morgan fingerprint density at radius 2 is 1.28 bits per heavy atom. The molecule has 5 rings (SSSR count). The van der Waals surface area contributed by atoms with Gasteiger partial charge in [0.25, 0.3) is 0 Å². The summed E-state index contributed by atoms with van der Waals surface area (Å²) in [5.41, 5.74) is 13.9. The van der Waals surface area contributed by atoms with Crippen molar-refractivity contribution in [3.05, 3.63) is 95.1 Å². The van der Waals surface area contributed by atoms with E-state index >= 15 is 0 Å². The van der Waals surface area contributed by atoms with Crippen LogP contribution >= 0.6 is 0 Å². The molecule has 216 valence electrons. The summed E-state index contributed by atoms with van der Waals surface area (Å²) in [5, 5.41) is 10.8. The number of carbonyl (C=O) groups is 1. The topological polar surface area (TPSA) is 152 Å². The second-order valence-electron chi connectivity index (χ2n) is 8.94. The Labute approximate surface area is 247 Å². The van der Waals surface area contributed by atoms with Gasteiger partial charge in [-0.3, -0.25) is 14.8 Å². The van der Waals surface area contributed by atoms with E-state index in [0.717, 1.165) is 35.0 Å². The zero-order chi connectivity index (χ0) is 26.5. The standard InChI is InChI=1S/C14H12N2.C9H10O2.C6H12N.C2H6.H2N.H2O.Pt/c1-9-10(2)12-6-4-8-16-14(12)13-11(9)5-3-7-15-13;1-7-2-4-8(5-3-7)6-9(10)11;7-6-4-2-1-3-5-6;1-2;;;/h3-8H,1-2H3;2-5H,6H2,1H3,(H,10,11);6-7H,1-5H2;1-2H3;2*1H2;/q;;-1;;-1;;+2. The molecule has 1 aliphatic carbocycles. The fourth-order valence-electron chi connectivity index (χ4n) is 4.18. The van der Waals surface area contributed by atoms with Crippen molar-refractivity contribution in [3.63, 3.8) is 0 Å². The Hall–Kier alpha value is -2.70. The molecule has 0 spiro atoms. The van der Waals surface area contributed by atoms with Crippen LogP contribution in [0, 0.1) is 20.8 Å². The minimum Gasteiger partial charge on any atom is -0.693 e. The van der Waals surface area contributed by atoms with Crippen LogP contribution in [0.2, 0.25) is 0 Å². The van der Waals surface area contributed by atoms with Gasteiger partial charge < -0.3 is 22.5 Å². The number of fused-ring (bicyclic) bond motifs is 3. The van der Waals surface area contributed by atoms with E-state index in [1.807, 2.05) is 69.6 Å². The number of nitrogens with zero attached hydrogens (tertiary/aromatic N) is 2. The monoisotopic (exact) mass is 715 g/mol. The van der Waals surface area contributed by atoms with Gasteiger partial charge in [-0.25, -0.2) is 0 Å². The van der Waals surface area contributed by atoms with Gasteiger partial charge in [-0.1, -0.05) is 87.9 Å². The molecule has 1 aliphatic rings. The van der Waals surface area contributed by atoms with Crippen molar-refractivity contribution in [2.24, 2.45) is 0 Å². The minimum absolute atomic E-state index is 0. The zero-order valence-electron chi connectivity index (χ0n) is 23.7. The fourth-order valence-corrected chi connectivity index (χ4v) is 4.18. The van der Waals surface area contributed by atoms with Gasteiger partial charge >= 0.3 is 27.0 Å². The summed E-state index contributed by atoms with van der Waals surface area (Å²) in [7, 11) is 0. The molecule has 0 amide bonds. The predicted molar refractivity (Wildman–Crippen MR) is 160 cm³/mol. The predicted octanol–water partition coefficient (Wildman–Crippen LogP) is 8.31. The molecular weight excluding hydrogens is 671 g/mol. The largest absolute Gasteiger partial charge is 2.00 e. The molecule has 2 heterocycles. The van der Waals surface area contributed by atoms with Gasteiger partial charge in [0.05, 0.1) is 17.5 Å². The number of aryl methyl sites for hydroxylation is 3. The molecule has 0 radical (unpaired) electrons. The maximum atomic E-state index is 10.3. The molecule has 4 aromatic rings. The van der Waals surface area contributed by atoms with E-state index in [4.69, 9.17) is 10.8 Å². The number of hydrogen-bond acceptors (Lipinski definition) is 3. The van der Waals surface area contributed by atoms with Gasteiger partial charge in [-0.05, 0) is 49.6 Å². The van der Waals surface area contributed by atoms with E-state index < -0.39 is 5.97 Å². The van der Waals surface area contributed by atoms with E-state index in [1.54, 1.807) is 0 Å². The molecule has 7 nitrogen and oxygen atoms in total. The van der Waals surface area contributed by atoms with Crippen LogP contribution in [0.5, 0.6) is 0 Å². The molecule has 6 N–H and O–H groups in total. The smallest absolute Gasteiger partial charge is 0.693 e. The van der Waals surface area contributed by atoms with E-state index in [-0.39, 0.29) is 45.2 Å². The maximum Gasteiger partial charge on any atom is 2.00 e. The van der Waals surface area contributed by atoms with Crippen molar-refractivity contribution in [1.29, 1.82) is 0 Å². The van der Waals surface area contributed by atoms with E-state index in [9.17, 15) is 4.79 Å². The zero-order valence-corrected chi connectivity index (χ0v) is 26.0. The fraction of sp³-hybridized carbons (Fsp3) is 0.387. The van der Waals surface area contributed by atoms with Gasteiger partial charge in [0.1, 0.15) is 0 Å². The number of nitrogens with one attached hydrogen (secondary N) is 1. The number of carboxylic acid groups (broad SMARTS) is 1. The van der Waals surface area contributed by atoms with Crippen LogP contribution < -0.4 is 0 Å². The first-order valence-corrected chi connectivity index (χ1v) is 12.9. The molecule has 0 unspecified atom stereocenters. The molecule has 2 aromatic heterocycles. The molecule has 0 aliphatic heterocycles. The number of aliphatic carboxylic acids is 1. The average Bonchev–Trinajstić information content (AvgIpc) is 2.91. The van der Waals surface area contributed by atoms with E-state index in [2.05, 4.69) is 35.9 Å². The van der Waals surface area contributed by atoms with Gasteiger partial charge in [0.15, 0.2) is 0 Å². The third-order valence-corrected chi connectivity index (χ3v) is 6.29. The number of pyridine rings is 2. The van der Waals surface area contributed by atoms with Crippen LogP contribution in [-0.4, -0.2) is 32.6 Å². The molecule has 39 heavy (non-hydrogen) atoms. The van der Waals surface area contributed by atoms with Crippen LogP contribution in [0.4, 0.5) is 0 Å². The van der Waals surface area contributed by atoms with Crippen molar-refractivity contribution in [2.75, 3.05) is 0 Å². The maximum absolute atomic E-state index is 10.3. The Kier molecular flexibility index (Phi) is 19.9. The summed E-state index contributed by atoms with van der Waals surface area (Å²) >= 11 is 0. The van der Waals surface area contributed by atoms with Crippen molar-refractivity contribution in [3.8, 4) is 0 Å². The summed E-state index contributed by atoms with van der Waals surface area (Å²) < 4.78 is 0. The quantitative estimate of drug-likeness (QED) is 0.208. The van der Waals surface area contributed by atoms with Crippen molar-refractivity contribution >= 4 is 27.8 Å². The van der Waals surface area contributed by atoms with Crippen molar-refractivity contribution in [2.45, 2.75) is 79.2 Å². The number of hydrogen-bond donors (Lipinski definition) is 1. The third-order valence-electron chi connectivity index (χ3n) is 6.29. The van der Waals surface area contributed by atoms with Crippen LogP contribution in [0.3, 0.4) is 0 Å². The molecule has 1 fully saturated rings. The summed E-state index contributed by atoms with van der Waals surface area (Å²) in [4.78, 5) is 19.2. The second-order valence-corrected chi connectivity index (χ2v) is 8.94. The Balaban J connectivity index is 0. The Morgan fingerprint density at radius 1 is 0.846 bits per heavy atom. The number of benzene rings is 2. The second kappa shape index (κ2) is 20.2. The molecular formula is C31H44N4O3Pt. The van der Waals surface area contributed by atoms with Crippen molar-refractivity contribution in [1.82, 2.24) is 9.97 Å². The van der Waals surface area contributed by atoms with Crippen LogP contribution in [0.25, 0.3) is 33.7 Å². The SMILES string of the molecule is CC.Cc1c(C)c2cccnc2c2ncccc12.Cc1ccc(CC(=O)O)cc1.O.[NH-]C1CCCCC1.[NH2-].[Pt+2]. The molecule has 0 saturated heterocycles. The van der Waals surface area contributed by atoms with E-state index in [1.165, 1.54) is 41.2 Å². The first-order chi connectivity index (χ1) is 17.4. The summed E-state index contributed by atoms with van der Waals surface area (Å²) in [6.07, 6.45) is 10.0.